The third-order valence-corrected chi connectivity index (χ3v) is 17.5. The number of fused-ring (bicyclic) bond motifs is 7. The van der Waals surface area contributed by atoms with Crippen LogP contribution in [-0.2, 0) is 9.47 Å². The van der Waals surface area contributed by atoms with E-state index in [2.05, 4.69) is 48.5 Å². The van der Waals surface area contributed by atoms with Crippen LogP contribution >= 0.6 is 0 Å². The summed E-state index contributed by atoms with van der Waals surface area (Å²) in [5, 5.41) is 62.7. The van der Waals surface area contributed by atoms with Gasteiger partial charge in [-0.3, -0.25) is 0 Å². The van der Waals surface area contributed by atoms with E-state index in [1.54, 1.807) is 0 Å². The number of nitrogens with two attached hydrogens (primary N) is 1. The highest BCUT2D eigenvalue weighted by molar-refractivity contribution is 5.19. The van der Waals surface area contributed by atoms with Gasteiger partial charge < -0.3 is 45.8 Å². The van der Waals surface area contributed by atoms with Crippen LogP contribution in [0, 0.1) is 62.6 Å². The van der Waals surface area contributed by atoms with Crippen LogP contribution in [0.3, 0.4) is 0 Å². The van der Waals surface area contributed by atoms with Crippen LogP contribution in [0.2, 0.25) is 0 Å². The van der Waals surface area contributed by atoms with Gasteiger partial charge in [0.15, 0.2) is 6.29 Å². The summed E-state index contributed by atoms with van der Waals surface area (Å²) in [4.78, 5) is 0. The molecule has 0 bridgehead atoms. The summed E-state index contributed by atoms with van der Waals surface area (Å²) >= 11 is 0. The number of aliphatic hydroxyl groups excluding tert-OH is 6. The molecule has 5 aliphatic carbocycles. The third kappa shape index (κ3) is 6.17. The maximum atomic E-state index is 10.9. The standard InChI is InChI=1S/C41H73NO8/c1-23(9-10-26(43)32(45)27(44)22-49-36-35(48)34(47)33(46)28(21-42)50-36)24-13-18-38(4)25(24)14-19-40(6)30(38)11-12-31-39(5)17-8-16-37(2,3)29(39)15-20-41(31,40)7/h23-36,43-48H,8-22,42H2,1-7H3/t23?,24-,25?,26-,27+,28?,29+,30?,31-,32-,33?,34?,35?,36?,38+,39+,40-,41-/m1/s1. The van der Waals surface area contributed by atoms with Crippen molar-refractivity contribution in [3.05, 3.63) is 0 Å². The molecule has 1 saturated heterocycles. The third-order valence-electron chi connectivity index (χ3n) is 17.5. The molecule has 6 rings (SSSR count). The summed E-state index contributed by atoms with van der Waals surface area (Å²) in [6.45, 7) is 17.7. The zero-order valence-electron chi connectivity index (χ0n) is 32.3. The Bertz CT molecular complexity index is 1190. The van der Waals surface area contributed by atoms with E-state index in [1.165, 1.54) is 70.6 Å². The van der Waals surface area contributed by atoms with E-state index in [4.69, 9.17) is 15.2 Å². The fourth-order valence-electron chi connectivity index (χ4n) is 14.6. The lowest BCUT2D eigenvalue weighted by Crippen LogP contribution is -2.65. The summed E-state index contributed by atoms with van der Waals surface area (Å²) in [5.41, 5.74) is 7.62. The average molecular weight is 708 g/mol. The summed E-state index contributed by atoms with van der Waals surface area (Å²) in [6, 6.07) is 0. The molecule has 8 N–H and O–H groups in total. The van der Waals surface area contributed by atoms with Gasteiger partial charge in [-0.25, -0.2) is 0 Å². The lowest BCUT2D eigenvalue weighted by Gasteiger charge is -2.73. The second-order valence-electron chi connectivity index (χ2n) is 20.1. The van der Waals surface area contributed by atoms with Gasteiger partial charge in [0.1, 0.15) is 36.6 Å². The molecular formula is C41H73NO8. The Morgan fingerprint density at radius 3 is 2.00 bits per heavy atom. The molecule has 0 amide bonds. The van der Waals surface area contributed by atoms with E-state index in [0.29, 0.717) is 51.2 Å². The second kappa shape index (κ2) is 14.1. The van der Waals surface area contributed by atoms with E-state index < -0.39 is 55.6 Å². The zero-order chi connectivity index (χ0) is 36.6. The minimum absolute atomic E-state index is 0.0911. The smallest absolute Gasteiger partial charge is 0.186 e. The molecular weight excluding hydrogens is 634 g/mol. The van der Waals surface area contributed by atoms with Crippen LogP contribution in [0.15, 0.2) is 0 Å². The Balaban J connectivity index is 1.05. The van der Waals surface area contributed by atoms with Crippen LogP contribution in [0.4, 0.5) is 0 Å². The van der Waals surface area contributed by atoms with Crippen molar-refractivity contribution in [3.63, 3.8) is 0 Å². The molecule has 290 valence electrons. The van der Waals surface area contributed by atoms with Crippen LogP contribution in [0.1, 0.15) is 132 Å². The maximum absolute atomic E-state index is 10.9. The van der Waals surface area contributed by atoms with Crippen molar-refractivity contribution in [1.82, 2.24) is 0 Å². The Morgan fingerprint density at radius 1 is 0.700 bits per heavy atom. The van der Waals surface area contributed by atoms with Crippen LogP contribution in [0.5, 0.6) is 0 Å². The topological polar surface area (TPSA) is 166 Å². The Labute approximate surface area is 302 Å². The summed E-state index contributed by atoms with van der Waals surface area (Å²) < 4.78 is 10.9. The van der Waals surface area contributed by atoms with Crippen LogP contribution < -0.4 is 5.73 Å². The van der Waals surface area contributed by atoms with Gasteiger partial charge in [0, 0.05) is 6.54 Å². The fourth-order valence-corrected chi connectivity index (χ4v) is 14.6. The van der Waals surface area contributed by atoms with Gasteiger partial charge in [-0.05, 0) is 140 Å². The van der Waals surface area contributed by atoms with E-state index in [0.717, 1.165) is 24.2 Å². The molecule has 0 radical (unpaired) electrons. The minimum Gasteiger partial charge on any atom is -0.390 e. The average Bonchev–Trinajstić information content (AvgIpc) is 3.42. The fraction of sp³-hybridized carbons (Fsp3) is 1.00. The van der Waals surface area contributed by atoms with E-state index in [9.17, 15) is 30.6 Å². The van der Waals surface area contributed by atoms with Gasteiger partial charge in [-0.2, -0.15) is 0 Å². The lowest BCUT2D eigenvalue weighted by atomic mass is 9.32. The number of rotatable bonds is 10. The van der Waals surface area contributed by atoms with Crippen molar-refractivity contribution >= 4 is 0 Å². The number of hydrogen-bond acceptors (Lipinski definition) is 9. The molecule has 0 aromatic heterocycles. The molecule has 8 unspecified atom stereocenters. The molecule has 9 heteroatoms. The van der Waals surface area contributed by atoms with Crippen molar-refractivity contribution < 1.29 is 40.1 Å². The largest absolute Gasteiger partial charge is 0.390 e. The van der Waals surface area contributed by atoms with Crippen LogP contribution in [-0.4, -0.2) is 92.8 Å². The van der Waals surface area contributed by atoms with Crippen molar-refractivity contribution in [2.24, 2.45) is 68.3 Å². The van der Waals surface area contributed by atoms with Gasteiger partial charge in [-0.15, -0.1) is 0 Å². The van der Waals surface area contributed by atoms with E-state index >= 15 is 0 Å². The Kier molecular flexibility index (Phi) is 11.1. The molecule has 1 aliphatic heterocycles. The Hall–Kier alpha value is -0.360. The quantitative estimate of drug-likeness (QED) is 0.170. The molecule has 9 nitrogen and oxygen atoms in total. The van der Waals surface area contributed by atoms with Gasteiger partial charge in [0.25, 0.3) is 0 Å². The number of aliphatic hydroxyl groups is 6. The highest BCUT2D eigenvalue weighted by Crippen LogP contribution is 2.78. The molecule has 6 aliphatic rings. The van der Waals surface area contributed by atoms with E-state index in [-0.39, 0.29) is 6.54 Å². The molecule has 6 fully saturated rings. The first-order chi connectivity index (χ1) is 23.4. The summed E-state index contributed by atoms with van der Waals surface area (Å²) in [5.74, 6) is 4.11. The molecule has 0 spiro atoms. The molecule has 18 atom stereocenters. The molecule has 0 aromatic rings. The molecule has 0 aromatic carbocycles. The highest BCUT2D eigenvalue weighted by Gasteiger charge is 2.70. The molecule has 5 saturated carbocycles. The minimum atomic E-state index is -1.54. The van der Waals surface area contributed by atoms with Crippen molar-refractivity contribution in [2.75, 3.05) is 13.2 Å². The summed E-state index contributed by atoms with van der Waals surface area (Å²) in [6.07, 6.45) is 5.33. The predicted molar refractivity (Wildman–Crippen MR) is 193 cm³/mol. The van der Waals surface area contributed by atoms with Crippen LogP contribution in [0.25, 0.3) is 0 Å². The number of ether oxygens (including phenoxy) is 2. The monoisotopic (exact) mass is 708 g/mol. The zero-order valence-corrected chi connectivity index (χ0v) is 32.3. The second-order valence-corrected chi connectivity index (χ2v) is 20.1. The predicted octanol–water partition coefficient (Wildman–Crippen LogP) is 4.76. The summed E-state index contributed by atoms with van der Waals surface area (Å²) in [7, 11) is 0. The molecule has 1 heterocycles. The highest BCUT2D eigenvalue weighted by atomic mass is 16.7. The lowest BCUT2D eigenvalue weighted by molar-refractivity contribution is -0.300. The van der Waals surface area contributed by atoms with Gasteiger partial charge in [0.05, 0.1) is 12.7 Å². The van der Waals surface area contributed by atoms with Gasteiger partial charge in [-0.1, -0.05) is 54.9 Å². The Morgan fingerprint density at radius 2 is 1.34 bits per heavy atom. The first kappa shape index (κ1) is 39.3. The normalized spacial score (nSPS) is 51.0. The molecule has 50 heavy (non-hydrogen) atoms. The van der Waals surface area contributed by atoms with Crippen molar-refractivity contribution in [1.29, 1.82) is 0 Å². The SMILES string of the molecule is CC(CC[C@@H](O)[C@@H](O)[C@@H](O)COC1OC(CN)C(O)C(O)C1O)[C@H]1CC[C@@]2(C)C1CC[C@]1(C)C2CC[C@@H]2[C@@]3(C)CCCC(C)(C)[C@@H]3CC[C@]21C. The first-order valence-electron chi connectivity index (χ1n) is 20.4. The number of hydrogen-bond donors (Lipinski definition) is 7. The maximum Gasteiger partial charge on any atom is 0.186 e. The first-order valence-corrected chi connectivity index (χ1v) is 20.4. The van der Waals surface area contributed by atoms with Gasteiger partial charge in [0.2, 0.25) is 0 Å². The van der Waals surface area contributed by atoms with Crippen molar-refractivity contribution in [2.45, 2.75) is 181 Å². The van der Waals surface area contributed by atoms with Crippen molar-refractivity contribution in [3.8, 4) is 0 Å². The van der Waals surface area contributed by atoms with E-state index in [1.807, 2.05) is 0 Å². The van der Waals surface area contributed by atoms with Gasteiger partial charge >= 0.3 is 0 Å².